The summed E-state index contributed by atoms with van der Waals surface area (Å²) < 4.78 is 0.823. The number of benzene rings is 3. The van der Waals surface area contributed by atoms with Crippen LogP contribution in [-0.4, -0.2) is 16.0 Å². The number of rotatable bonds is 3. The number of H-pyrrole nitrogens is 1. The number of amides is 1. The topological polar surface area (TPSA) is 56.3 Å². The smallest absolute Gasteiger partial charge is 0.268 e. The van der Waals surface area contributed by atoms with Gasteiger partial charge >= 0.3 is 0 Å². The predicted octanol–water partition coefficient (Wildman–Crippen LogP) is 5.64. The molecule has 0 unspecified atom stereocenters. The maximum absolute atomic E-state index is 13.9. The lowest BCUT2D eigenvalue weighted by Gasteiger charge is -2.25. The largest absolute Gasteiger partial charge is 0.372 e. The zero-order valence-electron chi connectivity index (χ0n) is 17.7. The first kappa shape index (κ1) is 20.0. The number of halogens is 1. The van der Waals surface area contributed by atoms with Crippen LogP contribution < -0.4 is 4.90 Å². The van der Waals surface area contributed by atoms with E-state index < -0.39 is 5.60 Å². The minimum absolute atomic E-state index is 0.325. The van der Waals surface area contributed by atoms with Gasteiger partial charge in [0.15, 0.2) is 5.60 Å². The lowest BCUT2D eigenvalue weighted by atomic mass is 9.85. The molecule has 0 fully saturated rings. The Hall–Kier alpha value is -2.89. The highest BCUT2D eigenvalue weighted by Crippen LogP contribution is 2.48. The maximum atomic E-state index is 13.9. The number of aromatic nitrogens is 1. The fourth-order valence-corrected chi connectivity index (χ4v) is 5.10. The summed E-state index contributed by atoms with van der Waals surface area (Å²) in [4.78, 5) is 19.0. The zero-order chi connectivity index (χ0) is 21.9. The van der Waals surface area contributed by atoms with Gasteiger partial charge < -0.3 is 15.0 Å². The van der Waals surface area contributed by atoms with Crippen LogP contribution >= 0.6 is 15.9 Å². The number of fused-ring (bicyclic) bond motifs is 2. The Bertz CT molecular complexity index is 1360. The van der Waals surface area contributed by atoms with E-state index in [1.54, 1.807) is 4.90 Å². The van der Waals surface area contributed by atoms with Gasteiger partial charge in [0, 0.05) is 32.2 Å². The van der Waals surface area contributed by atoms with E-state index >= 15 is 0 Å². The summed E-state index contributed by atoms with van der Waals surface area (Å²) in [6, 6.07) is 19.7. The molecule has 1 aliphatic rings. The molecule has 5 rings (SSSR count). The van der Waals surface area contributed by atoms with Gasteiger partial charge in [-0.25, -0.2) is 0 Å². The molecule has 156 valence electrons. The third-order valence-electron chi connectivity index (χ3n) is 6.28. The second kappa shape index (κ2) is 7.08. The maximum Gasteiger partial charge on any atom is 0.268 e. The molecule has 1 amide bonds. The molecule has 0 spiro atoms. The Balaban J connectivity index is 1.73. The van der Waals surface area contributed by atoms with Crippen LogP contribution in [0.3, 0.4) is 0 Å². The van der Waals surface area contributed by atoms with Crippen LogP contribution in [0.5, 0.6) is 0 Å². The second-order valence-corrected chi connectivity index (χ2v) is 9.28. The highest BCUT2D eigenvalue weighted by atomic mass is 79.9. The van der Waals surface area contributed by atoms with Crippen LogP contribution in [0.15, 0.2) is 65.1 Å². The van der Waals surface area contributed by atoms with Crippen molar-refractivity contribution in [2.45, 2.75) is 32.9 Å². The minimum Gasteiger partial charge on any atom is -0.372 e. The van der Waals surface area contributed by atoms with Crippen molar-refractivity contribution in [1.82, 2.24) is 4.98 Å². The molecule has 5 heteroatoms. The van der Waals surface area contributed by atoms with E-state index in [1.165, 1.54) is 0 Å². The second-order valence-electron chi connectivity index (χ2n) is 8.36. The molecule has 0 aliphatic carbocycles. The van der Waals surface area contributed by atoms with Crippen LogP contribution in [0.1, 0.15) is 33.5 Å². The first-order valence-electron chi connectivity index (χ1n) is 10.3. The lowest BCUT2D eigenvalue weighted by Crippen LogP contribution is -2.41. The van der Waals surface area contributed by atoms with Crippen molar-refractivity contribution in [2.75, 3.05) is 4.90 Å². The van der Waals surface area contributed by atoms with Gasteiger partial charge in [-0.1, -0.05) is 57.9 Å². The number of hydrogen-bond donors (Lipinski definition) is 2. The molecule has 1 atom stereocenters. The van der Waals surface area contributed by atoms with E-state index in [4.69, 9.17) is 0 Å². The quantitative estimate of drug-likeness (QED) is 0.403. The summed E-state index contributed by atoms with van der Waals surface area (Å²) in [5.41, 5.74) is 5.23. The van der Waals surface area contributed by atoms with Crippen LogP contribution in [0.4, 0.5) is 5.69 Å². The number of para-hydroxylation sites is 1. The minimum atomic E-state index is -1.76. The Morgan fingerprint density at radius 2 is 1.81 bits per heavy atom. The van der Waals surface area contributed by atoms with Gasteiger partial charge in [-0.05, 0) is 56.2 Å². The number of nitrogens with zero attached hydrogens (tertiary/aromatic N) is 1. The summed E-state index contributed by atoms with van der Waals surface area (Å²) in [6.07, 6.45) is 0. The fraction of sp³-hybridized carbons (Fsp3) is 0.192. The Kier molecular flexibility index (Phi) is 4.57. The standard InChI is InChI=1S/C26H23BrN2O2/c1-15-8-9-16(2)18(12-15)14-29-23-11-10-19(27)13-21(23)26(31,25(29)30)24-17(3)28-22-7-5-4-6-20(22)24/h4-13,28,31H,14H2,1-3H3/t26-/m0/s1. The van der Waals surface area contributed by atoms with E-state index in [1.807, 2.05) is 63.2 Å². The number of aromatic amines is 1. The first-order chi connectivity index (χ1) is 14.8. The van der Waals surface area contributed by atoms with Crippen molar-refractivity contribution >= 4 is 38.4 Å². The van der Waals surface area contributed by atoms with Crippen LogP contribution in [0.2, 0.25) is 0 Å². The molecule has 4 nitrogen and oxygen atoms in total. The predicted molar refractivity (Wildman–Crippen MR) is 127 cm³/mol. The van der Waals surface area contributed by atoms with E-state index in [2.05, 4.69) is 39.1 Å². The Morgan fingerprint density at radius 3 is 2.61 bits per heavy atom. The van der Waals surface area contributed by atoms with Gasteiger partial charge in [0.05, 0.1) is 12.2 Å². The molecule has 0 bridgehead atoms. The van der Waals surface area contributed by atoms with Crippen molar-refractivity contribution in [2.24, 2.45) is 0 Å². The molecule has 0 saturated heterocycles. The van der Waals surface area contributed by atoms with Crippen LogP contribution in [0.25, 0.3) is 10.9 Å². The number of aryl methyl sites for hydroxylation is 3. The number of carbonyl (C=O) groups is 1. The fourth-order valence-electron chi connectivity index (χ4n) is 4.74. The molecular weight excluding hydrogens is 452 g/mol. The highest BCUT2D eigenvalue weighted by Gasteiger charge is 2.53. The molecule has 0 radical (unpaired) electrons. The lowest BCUT2D eigenvalue weighted by molar-refractivity contribution is -0.132. The van der Waals surface area contributed by atoms with E-state index in [-0.39, 0.29) is 5.91 Å². The number of anilines is 1. The summed E-state index contributed by atoms with van der Waals surface area (Å²) in [5.74, 6) is -0.325. The van der Waals surface area contributed by atoms with Crippen molar-refractivity contribution in [1.29, 1.82) is 0 Å². The molecule has 3 aromatic carbocycles. The number of carbonyl (C=O) groups excluding carboxylic acids is 1. The van der Waals surface area contributed by atoms with Gasteiger partial charge in [-0.2, -0.15) is 0 Å². The summed E-state index contributed by atoms with van der Waals surface area (Å²) >= 11 is 3.53. The number of hydrogen-bond acceptors (Lipinski definition) is 2. The Morgan fingerprint density at radius 1 is 1.03 bits per heavy atom. The molecule has 0 saturated carbocycles. The van der Waals surface area contributed by atoms with E-state index in [0.29, 0.717) is 17.7 Å². The van der Waals surface area contributed by atoms with Crippen molar-refractivity contribution < 1.29 is 9.90 Å². The molecular formula is C26H23BrN2O2. The highest BCUT2D eigenvalue weighted by molar-refractivity contribution is 9.10. The van der Waals surface area contributed by atoms with Crippen LogP contribution in [-0.2, 0) is 16.9 Å². The van der Waals surface area contributed by atoms with Crippen molar-refractivity contribution in [3.8, 4) is 0 Å². The van der Waals surface area contributed by atoms with Gasteiger partial charge in [0.25, 0.3) is 5.91 Å². The Labute approximate surface area is 189 Å². The normalized spacial score (nSPS) is 18.1. The molecule has 31 heavy (non-hydrogen) atoms. The van der Waals surface area contributed by atoms with Gasteiger partial charge in [0.1, 0.15) is 0 Å². The summed E-state index contributed by atoms with van der Waals surface area (Å²) in [7, 11) is 0. The SMILES string of the molecule is Cc1ccc(C)c(CN2C(=O)[C@@](O)(c3c(C)[nH]c4ccccc34)c3cc(Br)ccc32)c1. The third-order valence-corrected chi connectivity index (χ3v) is 6.78. The van der Waals surface area contributed by atoms with Crippen molar-refractivity contribution in [3.63, 3.8) is 0 Å². The molecule has 2 N–H and O–H groups in total. The number of aliphatic hydroxyl groups is 1. The number of nitrogens with one attached hydrogen (secondary N) is 1. The first-order valence-corrected chi connectivity index (χ1v) is 11.1. The summed E-state index contributed by atoms with van der Waals surface area (Å²) in [5, 5.41) is 13.0. The van der Waals surface area contributed by atoms with Gasteiger partial charge in [0.2, 0.25) is 0 Å². The zero-order valence-corrected chi connectivity index (χ0v) is 19.2. The summed E-state index contributed by atoms with van der Waals surface area (Å²) in [6.45, 7) is 6.41. The molecule has 1 aliphatic heterocycles. The van der Waals surface area contributed by atoms with Gasteiger partial charge in [-0.3, -0.25) is 4.79 Å². The van der Waals surface area contributed by atoms with Gasteiger partial charge in [-0.15, -0.1) is 0 Å². The monoisotopic (exact) mass is 474 g/mol. The van der Waals surface area contributed by atoms with E-state index in [9.17, 15) is 9.90 Å². The molecule has 1 aromatic heterocycles. The molecule has 4 aromatic rings. The average molecular weight is 475 g/mol. The third kappa shape index (κ3) is 2.95. The molecule has 2 heterocycles. The van der Waals surface area contributed by atoms with Crippen LogP contribution in [0, 0.1) is 20.8 Å². The van der Waals surface area contributed by atoms with E-state index in [0.717, 1.165) is 43.4 Å². The van der Waals surface area contributed by atoms with Crippen molar-refractivity contribution in [3.05, 3.63) is 98.6 Å². The average Bonchev–Trinajstić information content (AvgIpc) is 3.18.